The van der Waals surface area contributed by atoms with Gasteiger partial charge in [-0.05, 0) is 0 Å². The van der Waals surface area contributed by atoms with E-state index < -0.39 is 0 Å². The molecule has 4 heteroatoms. The molecule has 0 heterocycles. The summed E-state index contributed by atoms with van der Waals surface area (Å²) in [7, 11) is 3.43. The molecule has 74 valence electrons. The predicted molar refractivity (Wildman–Crippen MR) is 54.0 cm³/mol. The van der Waals surface area contributed by atoms with E-state index in [9.17, 15) is 0 Å². The number of hydrogen-bond acceptors (Lipinski definition) is 4. The summed E-state index contributed by atoms with van der Waals surface area (Å²) in [6.07, 6.45) is 0. The third kappa shape index (κ3) is 6.91. The van der Waals surface area contributed by atoms with Gasteiger partial charge in [0.25, 0.3) is 0 Å². The molecular weight excluding hydrogens is 174 g/mol. The van der Waals surface area contributed by atoms with Crippen LogP contribution in [0.2, 0.25) is 0 Å². The van der Waals surface area contributed by atoms with E-state index in [1.54, 1.807) is 14.2 Å². The monoisotopic (exact) mass is 193 g/mol. The average Bonchev–Trinajstić information content (AvgIpc) is 2.10. The van der Waals surface area contributed by atoms with E-state index in [1.807, 2.05) is 0 Å². The fourth-order valence-electron chi connectivity index (χ4n) is 0.918. The lowest BCUT2D eigenvalue weighted by Crippen LogP contribution is -2.32. The Labute approximate surface area is 80.4 Å². The molecule has 0 spiro atoms. The second-order valence-electron chi connectivity index (χ2n) is 2.55. The normalized spacial score (nSPS) is 11.0. The van der Waals surface area contributed by atoms with Crippen molar-refractivity contribution < 1.29 is 9.47 Å². The first-order chi connectivity index (χ1) is 5.85. The summed E-state index contributed by atoms with van der Waals surface area (Å²) in [5.74, 6) is 0.882. The van der Waals surface area contributed by atoms with Crippen LogP contribution >= 0.6 is 12.6 Å². The Kier molecular flexibility index (Phi) is 9.50. The lowest BCUT2D eigenvalue weighted by Gasteiger charge is -2.20. The molecule has 0 bridgehead atoms. The van der Waals surface area contributed by atoms with Crippen molar-refractivity contribution in [1.82, 2.24) is 4.90 Å². The van der Waals surface area contributed by atoms with Crippen LogP contribution in [0, 0.1) is 0 Å². The van der Waals surface area contributed by atoms with Crippen LogP contribution in [0.3, 0.4) is 0 Å². The van der Waals surface area contributed by atoms with Crippen molar-refractivity contribution in [2.24, 2.45) is 0 Å². The third-order valence-electron chi connectivity index (χ3n) is 1.64. The highest BCUT2D eigenvalue weighted by Gasteiger charge is 2.01. The standard InChI is InChI=1S/C8H19NO2S/c1-10-6-3-9(5-8-12)4-7-11-2/h12H,3-8H2,1-2H3. The highest BCUT2D eigenvalue weighted by atomic mass is 32.1. The maximum atomic E-state index is 4.99. The van der Waals surface area contributed by atoms with Gasteiger partial charge in [0.1, 0.15) is 0 Å². The van der Waals surface area contributed by atoms with Crippen molar-refractivity contribution in [2.75, 3.05) is 52.8 Å². The first-order valence-corrected chi connectivity index (χ1v) is 4.79. The quantitative estimate of drug-likeness (QED) is 0.568. The molecule has 0 radical (unpaired) electrons. The Balaban J connectivity index is 3.40. The molecule has 0 saturated carbocycles. The molecule has 0 aromatic carbocycles. The van der Waals surface area contributed by atoms with E-state index in [0.29, 0.717) is 0 Å². The van der Waals surface area contributed by atoms with Crippen molar-refractivity contribution in [3.05, 3.63) is 0 Å². The molecule has 0 aliphatic carbocycles. The number of methoxy groups -OCH3 is 2. The molecule has 0 unspecified atom stereocenters. The zero-order chi connectivity index (χ0) is 9.23. The Morgan fingerprint density at radius 1 is 1.00 bits per heavy atom. The van der Waals surface area contributed by atoms with E-state index in [-0.39, 0.29) is 0 Å². The Hall–Kier alpha value is 0.230. The molecular formula is C8H19NO2S. The van der Waals surface area contributed by atoms with Gasteiger partial charge in [-0.1, -0.05) is 0 Å². The second-order valence-corrected chi connectivity index (χ2v) is 3.00. The van der Waals surface area contributed by atoms with Gasteiger partial charge in [-0.2, -0.15) is 12.6 Å². The van der Waals surface area contributed by atoms with E-state index in [0.717, 1.165) is 38.6 Å². The number of hydrogen-bond donors (Lipinski definition) is 1. The van der Waals surface area contributed by atoms with E-state index >= 15 is 0 Å². The second kappa shape index (κ2) is 9.32. The molecule has 0 aliphatic heterocycles. The largest absolute Gasteiger partial charge is 0.383 e. The van der Waals surface area contributed by atoms with Gasteiger partial charge in [-0.3, -0.25) is 4.90 Å². The van der Waals surface area contributed by atoms with Crippen LogP contribution in [0.5, 0.6) is 0 Å². The van der Waals surface area contributed by atoms with Gasteiger partial charge in [0.15, 0.2) is 0 Å². The van der Waals surface area contributed by atoms with Crippen molar-refractivity contribution >= 4 is 12.6 Å². The molecule has 12 heavy (non-hydrogen) atoms. The summed E-state index contributed by atoms with van der Waals surface area (Å²) in [5, 5.41) is 0. The third-order valence-corrected chi connectivity index (χ3v) is 1.84. The number of thiol groups is 1. The highest BCUT2D eigenvalue weighted by Crippen LogP contribution is 1.89. The Morgan fingerprint density at radius 3 is 1.83 bits per heavy atom. The Bertz CT molecular complexity index is 85.1. The zero-order valence-corrected chi connectivity index (χ0v) is 8.85. The number of nitrogens with zero attached hydrogens (tertiary/aromatic N) is 1. The maximum Gasteiger partial charge on any atom is 0.0589 e. The van der Waals surface area contributed by atoms with Crippen molar-refractivity contribution in [3.8, 4) is 0 Å². The SMILES string of the molecule is COCCN(CCS)CCOC. The molecule has 0 fully saturated rings. The minimum atomic E-state index is 0.775. The van der Waals surface area contributed by atoms with Gasteiger partial charge in [-0.25, -0.2) is 0 Å². The van der Waals surface area contributed by atoms with Crippen molar-refractivity contribution in [3.63, 3.8) is 0 Å². The van der Waals surface area contributed by atoms with Gasteiger partial charge >= 0.3 is 0 Å². The minimum Gasteiger partial charge on any atom is -0.383 e. The van der Waals surface area contributed by atoms with E-state index in [4.69, 9.17) is 9.47 Å². The lowest BCUT2D eigenvalue weighted by molar-refractivity contribution is 0.118. The zero-order valence-electron chi connectivity index (χ0n) is 7.95. The molecule has 0 aromatic heterocycles. The molecule has 3 nitrogen and oxygen atoms in total. The first kappa shape index (κ1) is 12.2. The summed E-state index contributed by atoms with van der Waals surface area (Å²) in [6, 6.07) is 0. The summed E-state index contributed by atoms with van der Waals surface area (Å²) in [4.78, 5) is 2.28. The topological polar surface area (TPSA) is 21.7 Å². The highest BCUT2D eigenvalue weighted by molar-refractivity contribution is 7.80. The number of rotatable bonds is 8. The summed E-state index contributed by atoms with van der Waals surface area (Å²) in [6.45, 7) is 4.46. The van der Waals surface area contributed by atoms with Crippen LogP contribution in [-0.2, 0) is 9.47 Å². The minimum absolute atomic E-state index is 0.775. The number of ether oxygens (including phenoxy) is 2. The van der Waals surface area contributed by atoms with Crippen molar-refractivity contribution in [1.29, 1.82) is 0 Å². The van der Waals surface area contributed by atoms with Gasteiger partial charge < -0.3 is 9.47 Å². The van der Waals surface area contributed by atoms with Gasteiger partial charge in [-0.15, -0.1) is 0 Å². The fourth-order valence-corrected chi connectivity index (χ4v) is 1.20. The molecule has 0 aliphatic rings. The summed E-state index contributed by atoms with van der Waals surface area (Å²) >= 11 is 4.18. The molecule has 0 aromatic rings. The molecule has 0 N–H and O–H groups in total. The van der Waals surface area contributed by atoms with Crippen LogP contribution in [0.25, 0.3) is 0 Å². The average molecular weight is 193 g/mol. The molecule has 0 rings (SSSR count). The Morgan fingerprint density at radius 2 is 1.50 bits per heavy atom. The maximum absolute atomic E-state index is 4.99. The van der Waals surface area contributed by atoms with Gasteiger partial charge in [0.05, 0.1) is 13.2 Å². The predicted octanol–water partition coefficient (Wildman–Crippen LogP) is 0.511. The first-order valence-electron chi connectivity index (χ1n) is 4.16. The van der Waals surface area contributed by atoms with Crippen LogP contribution < -0.4 is 0 Å². The van der Waals surface area contributed by atoms with Crippen LogP contribution in [-0.4, -0.2) is 57.7 Å². The van der Waals surface area contributed by atoms with Crippen molar-refractivity contribution in [2.45, 2.75) is 0 Å². The molecule has 0 atom stereocenters. The molecule has 0 saturated heterocycles. The molecule has 0 amide bonds. The van der Waals surface area contributed by atoms with Gasteiger partial charge in [0.2, 0.25) is 0 Å². The van der Waals surface area contributed by atoms with Gasteiger partial charge in [0, 0.05) is 39.6 Å². The smallest absolute Gasteiger partial charge is 0.0589 e. The summed E-state index contributed by atoms with van der Waals surface area (Å²) < 4.78 is 9.98. The van der Waals surface area contributed by atoms with Crippen LogP contribution in [0.15, 0.2) is 0 Å². The fraction of sp³-hybridized carbons (Fsp3) is 1.00. The lowest BCUT2D eigenvalue weighted by atomic mass is 10.5. The van der Waals surface area contributed by atoms with E-state index in [2.05, 4.69) is 17.5 Å². The van der Waals surface area contributed by atoms with Crippen LogP contribution in [0.1, 0.15) is 0 Å². The van der Waals surface area contributed by atoms with Crippen LogP contribution in [0.4, 0.5) is 0 Å². The summed E-state index contributed by atoms with van der Waals surface area (Å²) in [5.41, 5.74) is 0. The van der Waals surface area contributed by atoms with E-state index in [1.165, 1.54) is 0 Å².